The minimum atomic E-state index is 0.840. The molecule has 16 heavy (non-hydrogen) atoms. The minimum Gasteiger partial charge on any atom is -0.236 e. The molecule has 84 valence electrons. The van der Waals surface area contributed by atoms with Crippen molar-refractivity contribution < 1.29 is 0 Å². The van der Waals surface area contributed by atoms with Crippen molar-refractivity contribution in [2.45, 2.75) is 20.8 Å². The Morgan fingerprint density at radius 2 is 1.88 bits per heavy atom. The van der Waals surface area contributed by atoms with Crippen LogP contribution in [0.4, 0.5) is 0 Å². The van der Waals surface area contributed by atoms with Crippen molar-refractivity contribution >= 4 is 31.9 Å². The van der Waals surface area contributed by atoms with Gasteiger partial charge in [-0.05, 0) is 64.3 Å². The molecule has 0 saturated heterocycles. The molecule has 3 nitrogen and oxygen atoms in total. The van der Waals surface area contributed by atoms with Gasteiger partial charge in [0.1, 0.15) is 0 Å². The molecule has 0 aliphatic heterocycles. The molecule has 0 aliphatic rings. The van der Waals surface area contributed by atoms with E-state index in [4.69, 9.17) is 0 Å². The molecule has 0 spiro atoms. The molecule has 0 radical (unpaired) electrons. The zero-order valence-corrected chi connectivity index (χ0v) is 12.4. The third-order valence-electron chi connectivity index (χ3n) is 2.45. The number of hydrogen-bond acceptors (Lipinski definition) is 2. The van der Waals surface area contributed by atoms with Gasteiger partial charge in [0, 0.05) is 10.7 Å². The van der Waals surface area contributed by atoms with Crippen LogP contribution in [0.25, 0.3) is 5.82 Å². The predicted octanol–water partition coefficient (Wildman–Crippen LogP) is 3.72. The zero-order valence-electron chi connectivity index (χ0n) is 9.25. The lowest BCUT2D eigenvalue weighted by Crippen LogP contribution is -2.02. The fraction of sp³-hybridized carbons (Fsp3) is 0.273. The van der Waals surface area contributed by atoms with Crippen molar-refractivity contribution in [2.24, 2.45) is 0 Å². The van der Waals surface area contributed by atoms with Crippen LogP contribution in [0.5, 0.6) is 0 Å². The lowest BCUT2D eigenvalue weighted by Gasteiger charge is -2.05. The maximum atomic E-state index is 4.44. The van der Waals surface area contributed by atoms with Crippen LogP contribution in [0.3, 0.4) is 0 Å². The van der Waals surface area contributed by atoms with Crippen molar-refractivity contribution in [2.75, 3.05) is 0 Å². The summed E-state index contributed by atoms with van der Waals surface area (Å²) in [6.45, 7) is 6.03. The third kappa shape index (κ3) is 1.94. The van der Waals surface area contributed by atoms with Gasteiger partial charge in [-0.25, -0.2) is 9.67 Å². The summed E-state index contributed by atoms with van der Waals surface area (Å²) in [6.07, 6.45) is 1.80. The third-order valence-corrected chi connectivity index (χ3v) is 4.43. The van der Waals surface area contributed by atoms with Crippen LogP contribution in [0, 0.1) is 20.8 Å². The molecule has 2 aromatic rings. The van der Waals surface area contributed by atoms with E-state index in [1.54, 1.807) is 6.20 Å². The molecule has 0 N–H and O–H groups in total. The molecule has 0 aromatic carbocycles. The van der Waals surface area contributed by atoms with Crippen LogP contribution < -0.4 is 0 Å². The van der Waals surface area contributed by atoms with E-state index in [2.05, 4.69) is 41.9 Å². The summed E-state index contributed by atoms with van der Waals surface area (Å²) in [6, 6.07) is 2.01. The van der Waals surface area contributed by atoms with Crippen molar-refractivity contribution in [3.05, 3.63) is 38.2 Å². The Hall–Kier alpha value is -0.680. The summed E-state index contributed by atoms with van der Waals surface area (Å²) in [5, 5.41) is 4.44. The highest BCUT2D eigenvalue weighted by atomic mass is 79.9. The summed E-state index contributed by atoms with van der Waals surface area (Å²) < 4.78 is 3.89. The Bertz CT molecular complexity index is 546. The molecule has 0 aliphatic carbocycles. The molecule has 0 amide bonds. The average molecular weight is 345 g/mol. The van der Waals surface area contributed by atoms with Crippen molar-refractivity contribution in [1.82, 2.24) is 14.8 Å². The van der Waals surface area contributed by atoms with Gasteiger partial charge in [0.2, 0.25) is 0 Å². The smallest absolute Gasteiger partial charge is 0.153 e. The number of aryl methyl sites for hydroxylation is 2. The Kier molecular flexibility index (Phi) is 3.17. The Labute approximate surface area is 111 Å². The van der Waals surface area contributed by atoms with E-state index in [0.29, 0.717) is 0 Å². The van der Waals surface area contributed by atoms with Gasteiger partial charge in [-0.15, -0.1) is 0 Å². The number of rotatable bonds is 1. The van der Waals surface area contributed by atoms with E-state index < -0.39 is 0 Å². The Morgan fingerprint density at radius 1 is 1.19 bits per heavy atom. The molecule has 5 heteroatoms. The SMILES string of the molecule is Cc1cc(-n2nc(C)c(Br)c2C)ncc1Br. The first kappa shape index (κ1) is 11.8. The highest BCUT2D eigenvalue weighted by molar-refractivity contribution is 9.10. The predicted molar refractivity (Wildman–Crippen MR) is 71.0 cm³/mol. The highest BCUT2D eigenvalue weighted by Crippen LogP contribution is 2.23. The number of halogens is 2. The first-order valence-electron chi connectivity index (χ1n) is 4.85. The largest absolute Gasteiger partial charge is 0.236 e. The second-order valence-corrected chi connectivity index (χ2v) is 5.34. The highest BCUT2D eigenvalue weighted by Gasteiger charge is 2.11. The van der Waals surface area contributed by atoms with Gasteiger partial charge >= 0.3 is 0 Å². The van der Waals surface area contributed by atoms with E-state index >= 15 is 0 Å². The van der Waals surface area contributed by atoms with Crippen LogP contribution >= 0.6 is 31.9 Å². The van der Waals surface area contributed by atoms with Gasteiger partial charge in [0.25, 0.3) is 0 Å². The van der Waals surface area contributed by atoms with Crippen molar-refractivity contribution in [3.8, 4) is 5.82 Å². The number of pyridine rings is 1. The van der Waals surface area contributed by atoms with Crippen LogP contribution in [-0.4, -0.2) is 14.8 Å². The van der Waals surface area contributed by atoms with Crippen LogP contribution in [0.2, 0.25) is 0 Å². The topological polar surface area (TPSA) is 30.7 Å². The summed E-state index contributed by atoms with van der Waals surface area (Å²) in [4.78, 5) is 4.36. The van der Waals surface area contributed by atoms with Gasteiger partial charge in [-0.2, -0.15) is 5.10 Å². The molecule has 2 rings (SSSR count). The monoisotopic (exact) mass is 343 g/mol. The van der Waals surface area contributed by atoms with E-state index in [-0.39, 0.29) is 0 Å². The zero-order chi connectivity index (χ0) is 11.9. The van der Waals surface area contributed by atoms with Gasteiger partial charge in [0.05, 0.1) is 15.9 Å². The fourth-order valence-electron chi connectivity index (χ4n) is 1.49. The van der Waals surface area contributed by atoms with E-state index in [0.717, 1.165) is 31.7 Å². The van der Waals surface area contributed by atoms with Gasteiger partial charge < -0.3 is 0 Å². The van der Waals surface area contributed by atoms with Gasteiger partial charge in [0.15, 0.2) is 5.82 Å². The number of hydrogen-bond donors (Lipinski definition) is 0. The first-order chi connectivity index (χ1) is 7.50. The summed E-state index contributed by atoms with van der Waals surface area (Å²) >= 11 is 6.95. The van der Waals surface area contributed by atoms with E-state index in [1.165, 1.54) is 0 Å². The normalized spacial score (nSPS) is 10.8. The van der Waals surface area contributed by atoms with E-state index in [1.807, 2.05) is 31.5 Å². The summed E-state index contributed by atoms with van der Waals surface area (Å²) in [5.74, 6) is 0.840. The molecule has 0 saturated carbocycles. The lowest BCUT2D eigenvalue weighted by molar-refractivity contribution is 0.803. The standard InChI is InChI=1S/C11H11Br2N3/c1-6-4-10(14-5-9(6)12)16-8(3)11(13)7(2)15-16/h4-5H,1-3H3. The average Bonchev–Trinajstić information content (AvgIpc) is 2.50. The number of aromatic nitrogens is 3. The van der Waals surface area contributed by atoms with Crippen LogP contribution in [0.15, 0.2) is 21.2 Å². The molecule has 0 unspecified atom stereocenters. The minimum absolute atomic E-state index is 0.840. The van der Waals surface area contributed by atoms with E-state index in [9.17, 15) is 0 Å². The number of nitrogens with zero attached hydrogens (tertiary/aromatic N) is 3. The molecule has 0 fully saturated rings. The maximum Gasteiger partial charge on any atom is 0.153 e. The Morgan fingerprint density at radius 3 is 2.38 bits per heavy atom. The summed E-state index contributed by atoms with van der Waals surface area (Å²) in [7, 11) is 0. The Balaban J connectivity index is 2.59. The quantitative estimate of drug-likeness (QED) is 0.789. The van der Waals surface area contributed by atoms with Crippen molar-refractivity contribution in [1.29, 1.82) is 0 Å². The van der Waals surface area contributed by atoms with Gasteiger partial charge in [-0.3, -0.25) is 0 Å². The molecule has 2 aromatic heterocycles. The molecule has 0 atom stereocenters. The fourth-order valence-corrected chi connectivity index (χ4v) is 1.95. The lowest BCUT2D eigenvalue weighted by atomic mass is 10.3. The van der Waals surface area contributed by atoms with Crippen LogP contribution in [0.1, 0.15) is 17.0 Å². The first-order valence-corrected chi connectivity index (χ1v) is 6.43. The molecule has 2 heterocycles. The van der Waals surface area contributed by atoms with Crippen molar-refractivity contribution in [3.63, 3.8) is 0 Å². The summed E-state index contributed by atoms with van der Waals surface area (Å²) in [5.41, 5.74) is 3.18. The maximum absolute atomic E-state index is 4.44. The molecular weight excluding hydrogens is 334 g/mol. The molecule has 0 bridgehead atoms. The second-order valence-electron chi connectivity index (χ2n) is 3.69. The van der Waals surface area contributed by atoms with Crippen LogP contribution in [-0.2, 0) is 0 Å². The van der Waals surface area contributed by atoms with Gasteiger partial charge in [-0.1, -0.05) is 0 Å². The molecular formula is C11H11Br2N3. The second kappa shape index (κ2) is 4.30.